The molecule has 2 aliphatic rings. The molecule has 1 amide bonds. The minimum atomic E-state index is -0.598. The molecule has 114 valence electrons. The fourth-order valence-electron chi connectivity index (χ4n) is 2.93. The average Bonchev–Trinajstić information content (AvgIpc) is 3.02. The topological polar surface area (TPSA) is 65.4 Å². The van der Waals surface area contributed by atoms with Crippen molar-refractivity contribution in [2.45, 2.75) is 31.5 Å². The third-order valence-corrected chi connectivity index (χ3v) is 4.08. The number of benzene rings is 1. The fraction of sp³-hybridized carbons (Fsp3) is 0.375. The first kappa shape index (κ1) is 13.2. The molecule has 3 heterocycles. The molecule has 0 fully saturated rings. The van der Waals surface area contributed by atoms with Crippen LogP contribution in [0.5, 0.6) is 11.5 Å². The lowest BCUT2D eigenvalue weighted by atomic mass is 10.1. The van der Waals surface area contributed by atoms with Crippen molar-refractivity contribution in [3.05, 3.63) is 42.5 Å². The Balaban J connectivity index is 1.39. The zero-order valence-electron chi connectivity index (χ0n) is 12.1. The average molecular weight is 299 g/mol. The lowest BCUT2D eigenvalue weighted by Crippen LogP contribution is -2.49. The number of carbonyl (C=O) groups is 1. The molecular weight excluding hydrogens is 282 g/mol. The summed E-state index contributed by atoms with van der Waals surface area (Å²) in [4.78, 5) is 16.7. The van der Waals surface area contributed by atoms with Crippen molar-refractivity contribution in [1.82, 2.24) is 14.9 Å². The molecule has 1 N–H and O–H groups in total. The van der Waals surface area contributed by atoms with E-state index in [4.69, 9.17) is 9.47 Å². The van der Waals surface area contributed by atoms with Crippen LogP contribution in [0.1, 0.15) is 12.2 Å². The zero-order valence-corrected chi connectivity index (χ0v) is 12.1. The number of aryl methyl sites for hydroxylation is 1. The van der Waals surface area contributed by atoms with E-state index in [-0.39, 0.29) is 18.6 Å². The molecule has 0 saturated carbocycles. The number of rotatable bonds is 2. The van der Waals surface area contributed by atoms with E-state index in [1.54, 1.807) is 6.20 Å². The summed E-state index contributed by atoms with van der Waals surface area (Å²) >= 11 is 0. The Morgan fingerprint density at radius 3 is 3.09 bits per heavy atom. The van der Waals surface area contributed by atoms with Crippen LogP contribution in [0.2, 0.25) is 0 Å². The quantitative estimate of drug-likeness (QED) is 0.903. The van der Waals surface area contributed by atoms with E-state index in [2.05, 4.69) is 14.9 Å². The second kappa shape index (κ2) is 5.36. The van der Waals surface area contributed by atoms with Crippen LogP contribution >= 0.6 is 0 Å². The number of imidazole rings is 1. The number of carbonyl (C=O) groups excluding carboxylic acids is 1. The Bertz CT molecular complexity index is 697. The van der Waals surface area contributed by atoms with E-state index < -0.39 is 6.10 Å². The van der Waals surface area contributed by atoms with Gasteiger partial charge in [-0.2, -0.15) is 0 Å². The molecule has 22 heavy (non-hydrogen) atoms. The molecule has 0 aliphatic carbocycles. The van der Waals surface area contributed by atoms with Gasteiger partial charge in [-0.25, -0.2) is 4.98 Å². The first-order valence-corrected chi connectivity index (χ1v) is 7.48. The second-order valence-electron chi connectivity index (χ2n) is 5.60. The van der Waals surface area contributed by atoms with E-state index in [9.17, 15) is 4.79 Å². The summed E-state index contributed by atoms with van der Waals surface area (Å²) in [6.07, 6.45) is 4.92. The minimum Gasteiger partial charge on any atom is -0.485 e. The van der Waals surface area contributed by atoms with Crippen molar-refractivity contribution in [2.75, 3.05) is 6.61 Å². The highest BCUT2D eigenvalue weighted by atomic mass is 16.6. The first-order valence-electron chi connectivity index (χ1n) is 7.48. The number of nitrogens with zero attached hydrogens (tertiary/aromatic N) is 2. The molecule has 2 unspecified atom stereocenters. The third kappa shape index (κ3) is 2.41. The lowest BCUT2D eigenvalue weighted by molar-refractivity contribution is -0.131. The van der Waals surface area contributed by atoms with Gasteiger partial charge < -0.3 is 19.4 Å². The zero-order chi connectivity index (χ0) is 14.9. The number of amides is 1. The highest BCUT2D eigenvalue weighted by molar-refractivity contribution is 5.82. The summed E-state index contributed by atoms with van der Waals surface area (Å²) in [5.41, 5.74) is 0. The molecule has 0 saturated heterocycles. The molecule has 1 aromatic heterocycles. The van der Waals surface area contributed by atoms with Gasteiger partial charge in [0.2, 0.25) is 6.10 Å². The van der Waals surface area contributed by atoms with E-state index >= 15 is 0 Å². The van der Waals surface area contributed by atoms with Crippen LogP contribution in [0.4, 0.5) is 0 Å². The van der Waals surface area contributed by atoms with Gasteiger partial charge in [0.25, 0.3) is 5.91 Å². The van der Waals surface area contributed by atoms with Crippen LogP contribution in [0.3, 0.4) is 0 Å². The van der Waals surface area contributed by atoms with Crippen LogP contribution in [0, 0.1) is 0 Å². The minimum absolute atomic E-state index is 0.106. The highest BCUT2D eigenvalue weighted by Crippen LogP contribution is 2.30. The van der Waals surface area contributed by atoms with Gasteiger partial charge >= 0.3 is 0 Å². The molecule has 4 rings (SSSR count). The number of para-hydroxylation sites is 2. The van der Waals surface area contributed by atoms with Crippen LogP contribution < -0.4 is 14.8 Å². The van der Waals surface area contributed by atoms with Gasteiger partial charge in [0, 0.05) is 31.4 Å². The normalized spacial score (nSPS) is 22.7. The van der Waals surface area contributed by atoms with Gasteiger partial charge in [0.05, 0.1) is 0 Å². The van der Waals surface area contributed by atoms with Crippen molar-refractivity contribution >= 4 is 5.91 Å². The maximum atomic E-state index is 12.4. The Hall–Kier alpha value is -2.50. The molecule has 0 spiro atoms. The maximum absolute atomic E-state index is 12.4. The van der Waals surface area contributed by atoms with Crippen LogP contribution in [0.25, 0.3) is 0 Å². The number of ether oxygens (including phenoxy) is 2. The maximum Gasteiger partial charge on any atom is 0.264 e. The molecule has 6 heteroatoms. The van der Waals surface area contributed by atoms with E-state index in [0.717, 1.165) is 25.2 Å². The number of nitrogens with one attached hydrogen (secondary N) is 1. The monoisotopic (exact) mass is 299 g/mol. The molecule has 0 radical (unpaired) electrons. The fourth-order valence-corrected chi connectivity index (χ4v) is 2.93. The molecule has 6 nitrogen and oxygen atoms in total. The molecular formula is C16H17N3O3. The number of aromatic nitrogens is 2. The molecule has 2 atom stereocenters. The van der Waals surface area contributed by atoms with Crippen molar-refractivity contribution < 1.29 is 14.3 Å². The van der Waals surface area contributed by atoms with Crippen molar-refractivity contribution in [1.29, 1.82) is 0 Å². The standard InChI is InChI=1S/C16H17N3O3/c20-16(14-10-21-12-3-1-2-4-13(12)22-14)18-11-5-6-15-17-7-8-19(15)9-11/h1-4,7-8,11,14H,5-6,9-10H2,(H,18,20). The summed E-state index contributed by atoms with van der Waals surface area (Å²) in [5, 5.41) is 3.06. The predicted octanol–water partition coefficient (Wildman–Crippen LogP) is 1.15. The van der Waals surface area contributed by atoms with Gasteiger partial charge in [-0.05, 0) is 18.6 Å². The predicted molar refractivity (Wildman–Crippen MR) is 78.8 cm³/mol. The van der Waals surface area contributed by atoms with Gasteiger partial charge in [-0.3, -0.25) is 4.79 Å². The first-order chi connectivity index (χ1) is 10.8. The second-order valence-corrected chi connectivity index (χ2v) is 5.60. The largest absolute Gasteiger partial charge is 0.485 e. The van der Waals surface area contributed by atoms with Crippen molar-refractivity contribution in [3.63, 3.8) is 0 Å². The van der Waals surface area contributed by atoms with E-state index in [0.29, 0.717) is 11.5 Å². The van der Waals surface area contributed by atoms with E-state index in [1.807, 2.05) is 30.5 Å². The van der Waals surface area contributed by atoms with Crippen LogP contribution in [0.15, 0.2) is 36.7 Å². The Labute approximate surface area is 128 Å². The summed E-state index contributed by atoms with van der Waals surface area (Å²) in [7, 11) is 0. The highest BCUT2D eigenvalue weighted by Gasteiger charge is 2.29. The Morgan fingerprint density at radius 1 is 1.32 bits per heavy atom. The molecule has 2 aromatic rings. The third-order valence-electron chi connectivity index (χ3n) is 4.08. The summed E-state index contributed by atoms with van der Waals surface area (Å²) in [5.74, 6) is 2.27. The van der Waals surface area contributed by atoms with Crippen LogP contribution in [-0.4, -0.2) is 34.2 Å². The van der Waals surface area contributed by atoms with E-state index in [1.165, 1.54) is 0 Å². The number of hydrogen-bond acceptors (Lipinski definition) is 4. The van der Waals surface area contributed by atoms with Gasteiger partial charge in [-0.1, -0.05) is 12.1 Å². The Kier molecular flexibility index (Phi) is 3.21. The van der Waals surface area contributed by atoms with Crippen molar-refractivity contribution in [3.8, 4) is 11.5 Å². The van der Waals surface area contributed by atoms with Crippen molar-refractivity contribution in [2.24, 2.45) is 0 Å². The molecule has 2 aliphatic heterocycles. The Morgan fingerprint density at radius 2 is 2.18 bits per heavy atom. The van der Waals surface area contributed by atoms with Crippen LogP contribution in [-0.2, 0) is 17.8 Å². The lowest BCUT2D eigenvalue weighted by Gasteiger charge is -2.29. The summed E-state index contributed by atoms with van der Waals surface area (Å²) in [6, 6.07) is 7.51. The van der Waals surface area contributed by atoms with Gasteiger partial charge in [0.15, 0.2) is 11.5 Å². The number of fused-ring (bicyclic) bond motifs is 2. The molecule has 1 aromatic carbocycles. The summed E-state index contributed by atoms with van der Waals surface area (Å²) < 4.78 is 13.4. The SMILES string of the molecule is O=C(NC1CCc2nccn2C1)C1COc2ccccc2O1. The van der Waals surface area contributed by atoms with Gasteiger partial charge in [-0.15, -0.1) is 0 Å². The smallest absolute Gasteiger partial charge is 0.264 e. The number of hydrogen-bond donors (Lipinski definition) is 1. The van der Waals surface area contributed by atoms with Gasteiger partial charge in [0.1, 0.15) is 12.4 Å². The molecule has 0 bridgehead atoms. The summed E-state index contributed by atoms with van der Waals surface area (Å²) in [6.45, 7) is 0.997.